The van der Waals surface area contributed by atoms with Crippen LogP contribution in [-0.2, 0) is 11.2 Å². The summed E-state index contributed by atoms with van der Waals surface area (Å²) in [4.78, 5) is 11.5. The Morgan fingerprint density at radius 2 is 1.79 bits per heavy atom. The van der Waals surface area contributed by atoms with Gasteiger partial charge in [0, 0.05) is 18.8 Å². The van der Waals surface area contributed by atoms with Gasteiger partial charge in [0.1, 0.15) is 5.82 Å². The Morgan fingerprint density at radius 1 is 1.04 bits per heavy atom. The highest BCUT2D eigenvalue weighted by molar-refractivity contribution is 5.40. The number of hydrogen-bond donors (Lipinski definition) is 0. The van der Waals surface area contributed by atoms with E-state index in [0.29, 0.717) is 6.10 Å². The average molecular weight is 377 g/mol. The molecule has 146 valence electrons. The van der Waals surface area contributed by atoms with Crippen molar-refractivity contribution in [2.75, 3.05) is 24.6 Å². The molecule has 0 radical (unpaired) electrons. The molecule has 2 aromatic heterocycles. The molecule has 4 rings (SSSR count). The highest BCUT2D eigenvalue weighted by atomic mass is 16.5. The van der Waals surface area contributed by atoms with Gasteiger partial charge in [0.05, 0.1) is 30.8 Å². The molecule has 0 amide bonds. The van der Waals surface area contributed by atoms with Crippen LogP contribution < -0.4 is 4.90 Å². The first-order valence-electron chi connectivity index (χ1n) is 9.95. The van der Waals surface area contributed by atoms with Crippen molar-refractivity contribution >= 4 is 5.82 Å². The molecule has 28 heavy (non-hydrogen) atoms. The molecule has 0 spiro atoms. The molecule has 6 heteroatoms. The van der Waals surface area contributed by atoms with Crippen LogP contribution in [0, 0.1) is 13.8 Å². The minimum absolute atomic E-state index is 0.326. The number of nitrogens with zero attached hydrogens (tertiary/aromatic N) is 5. The first kappa shape index (κ1) is 18.6. The maximum atomic E-state index is 6.11. The highest BCUT2D eigenvalue weighted by Gasteiger charge is 2.21. The molecule has 1 aliphatic heterocycles. The molecular formula is C22H27N5O. The maximum Gasteiger partial charge on any atom is 0.174 e. The molecule has 6 nitrogen and oxygen atoms in total. The van der Waals surface area contributed by atoms with Crippen LogP contribution in [0.1, 0.15) is 29.8 Å². The van der Waals surface area contributed by atoms with Gasteiger partial charge in [-0.2, -0.15) is 5.10 Å². The van der Waals surface area contributed by atoms with E-state index in [9.17, 15) is 0 Å². The molecule has 0 unspecified atom stereocenters. The zero-order chi connectivity index (χ0) is 19.3. The summed E-state index contributed by atoms with van der Waals surface area (Å²) in [6, 6.07) is 12.6. The van der Waals surface area contributed by atoms with Gasteiger partial charge in [-0.25, -0.2) is 9.67 Å². The zero-order valence-corrected chi connectivity index (χ0v) is 16.6. The van der Waals surface area contributed by atoms with E-state index in [1.54, 1.807) is 6.20 Å². The summed E-state index contributed by atoms with van der Waals surface area (Å²) in [7, 11) is 0. The van der Waals surface area contributed by atoms with Crippen LogP contribution >= 0.6 is 0 Å². The Kier molecular flexibility index (Phi) is 5.67. The predicted molar refractivity (Wildman–Crippen MR) is 110 cm³/mol. The molecule has 3 heterocycles. The van der Waals surface area contributed by atoms with Crippen LogP contribution in [0.3, 0.4) is 0 Å². The third kappa shape index (κ3) is 4.39. The largest absolute Gasteiger partial charge is 0.378 e. The Bertz CT molecular complexity index is 900. The van der Waals surface area contributed by atoms with Crippen molar-refractivity contribution in [2.24, 2.45) is 0 Å². The number of aromatic nitrogens is 4. The lowest BCUT2D eigenvalue weighted by atomic mass is 10.1. The zero-order valence-electron chi connectivity index (χ0n) is 16.6. The molecule has 1 aromatic carbocycles. The second kappa shape index (κ2) is 8.52. The second-order valence-corrected chi connectivity index (χ2v) is 7.37. The van der Waals surface area contributed by atoms with Gasteiger partial charge in [-0.05, 0) is 44.7 Å². The van der Waals surface area contributed by atoms with Crippen molar-refractivity contribution in [1.82, 2.24) is 19.7 Å². The number of aryl methyl sites for hydroxylation is 2. The molecule has 0 N–H and O–H groups in total. The van der Waals surface area contributed by atoms with Crippen LogP contribution in [0.5, 0.6) is 0 Å². The van der Waals surface area contributed by atoms with Gasteiger partial charge in [-0.3, -0.25) is 4.98 Å². The summed E-state index contributed by atoms with van der Waals surface area (Å²) in [5.41, 5.74) is 3.38. The second-order valence-electron chi connectivity index (χ2n) is 7.37. The summed E-state index contributed by atoms with van der Waals surface area (Å²) in [6.45, 7) is 6.67. The van der Waals surface area contributed by atoms with Gasteiger partial charge < -0.3 is 9.64 Å². The minimum atomic E-state index is 0.326. The van der Waals surface area contributed by atoms with E-state index in [1.807, 2.05) is 36.9 Å². The monoisotopic (exact) mass is 377 g/mol. The molecule has 3 aromatic rings. The van der Waals surface area contributed by atoms with Crippen molar-refractivity contribution in [3.8, 4) is 5.82 Å². The van der Waals surface area contributed by atoms with Crippen LogP contribution in [0.25, 0.3) is 5.82 Å². The van der Waals surface area contributed by atoms with Gasteiger partial charge in [0.15, 0.2) is 5.82 Å². The number of ether oxygens (including phenoxy) is 1. The fourth-order valence-electron chi connectivity index (χ4n) is 3.70. The summed E-state index contributed by atoms with van der Waals surface area (Å²) in [5.74, 6) is 1.68. The Balaban J connectivity index is 1.31. The van der Waals surface area contributed by atoms with E-state index in [1.165, 1.54) is 5.56 Å². The number of benzene rings is 1. The van der Waals surface area contributed by atoms with Crippen LogP contribution in [-0.4, -0.2) is 45.5 Å². The molecule has 0 aliphatic carbocycles. The molecule has 1 saturated heterocycles. The number of anilines is 1. The average Bonchev–Trinajstić information content (AvgIpc) is 3.07. The van der Waals surface area contributed by atoms with Gasteiger partial charge in [-0.15, -0.1) is 0 Å². The first-order chi connectivity index (χ1) is 13.7. The van der Waals surface area contributed by atoms with Crippen LogP contribution in [0.2, 0.25) is 0 Å². The lowest BCUT2D eigenvalue weighted by molar-refractivity contribution is 0.0389. The minimum Gasteiger partial charge on any atom is -0.378 e. The standard InChI is InChI=1S/C22H27N5O/c1-17-14-18(2)27(25-17)22-16-23-15-21(24-22)26-11-8-20(9-12-26)28-13-10-19-6-4-3-5-7-19/h3-7,14-16,20H,8-13H2,1-2H3. The van der Waals surface area contributed by atoms with Crippen LogP contribution in [0.4, 0.5) is 5.82 Å². The lowest BCUT2D eigenvalue weighted by Crippen LogP contribution is -2.38. The summed E-state index contributed by atoms with van der Waals surface area (Å²) < 4.78 is 7.96. The fourth-order valence-corrected chi connectivity index (χ4v) is 3.70. The number of piperidine rings is 1. The summed E-state index contributed by atoms with van der Waals surface area (Å²) >= 11 is 0. The number of hydrogen-bond acceptors (Lipinski definition) is 5. The van der Waals surface area contributed by atoms with Crippen LogP contribution in [0.15, 0.2) is 48.8 Å². The SMILES string of the molecule is Cc1cc(C)n(-c2cncc(N3CCC(OCCc4ccccc4)CC3)n2)n1. The van der Waals surface area contributed by atoms with E-state index in [-0.39, 0.29) is 0 Å². The Labute approximate surface area is 166 Å². The topological polar surface area (TPSA) is 56.1 Å². The summed E-state index contributed by atoms with van der Waals surface area (Å²) in [6.07, 6.45) is 6.93. The number of rotatable bonds is 6. The van der Waals surface area contributed by atoms with Gasteiger partial charge >= 0.3 is 0 Å². The van der Waals surface area contributed by atoms with Crippen molar-refractivity contribution in [3.63, 3.8) is 0 Å². The van der Waals surface area contributed by atoms with Gasteiger partial charge in [-0.1, -0.05) is 30.3 Å². The lowest BCUT2D eigenvalue weighted by Gasteiger charge is -2.32. The molecule has 1 fully saturated rings. The summed E-state index contributed by atoms with van der Waals surface area (Å²) in [5, 5.41) is 4.51. The smallest absolute Gasteiger partial charge is 0.174 e. The molecule has 0 atom stereocenters. The molecule has 1 aliphatic rings. The van der Waals surface area contributed by atoms with Crippen molar-refractivity contribution < 1.29 is 4.74 Å². The van der Waals surface area contributed by atoms with E-state index in [2.05, 4.69) is 39.2 Å². The molecular weight excluding hydrogens is 350 g/mol. The first-order valence-corrected chi connectivity index (χ1v) is 9.95. The van der Waals surface area contributed by atoms with E-state index in [4.69, 9.17) is 9.72 Å². The van der Waals surface area contributed by atoms with E-state index < -0.39 is 0 Å². The predicted octanol–water partition coefficient (Wildman–Crippen LogP) is 3.51. The van der Waals surface area contributed by atoms with E-state index >= 15 is 0 Å². The third-order valence-corrected chi connectivity index (χ3v) is 5.19. The van der Waals surface area contributed by atoms with Gasteiger partial charge in [0.25, 0.3) is 0 Å². The Morgan fingerprint density at radius 3 is 2.50 bits per heavy atom. The normalized spacial score (nSPS) is 15.1. The van der Waals surface area contributed by atoms with Crippen molar-refractivity contribution in [2.45, 2.75) is 39.2 Å². The molecule has 0 saturated carbocycles. The fraction of sp³-hybridized carbons (Fsp3) is 0.409. The van der Waals surface area contributed by atoms with Crippen molar-refractivity contribution in [3.05, 3.63) is 65.7 Å². The molecule has 0 bridgehead atoms. The van der Waals surface area contributed by atoms with Crippen molar-refractivity contribution in [1.29, 1.82) is 0 Å². The Hall–Kier alpha value is -2.73. The third-order valence-electron chi connectivity index (χ3n) is 5.19. The highest BCUT2D eigenvalue weighted by Crippen LogP contribution is 2.20. The van der Waals surface area contributed by atoms with Gasteiger partial charge in [0.2, 0.25) is 0 Å². The maximum absolute atomic E-state index is 6.11. The quantitative estimate of drug-likeness (QED) is 0.658. The van der Waals surface area contributed by atoms with E-state index in [0.717, 1.165) is 62.0 Å².